The van der Waals surface area contributed by atoms with E-state index in [0.29, 0.717) is 18.8 Å². The Labute approximate surface area is 159 Å². The molecule has 7 nitrogen and oxygen atoms in total. The number of nitrogens with zero attached hydrogens (tertiary/aromatic N) is 3. The number of anilines is 1. The Bertz CT molecular complexity index is 839. The molecule has 28 heavy (non-hydrogen) atoms. The lowest BCUT2D eigenvalue weighted by Gasteiger charge is -2.34. The molecule has 0 spiro atoms. The molecule has 152 valence electrons. The van der Waals surface area contributed by atoms with Crippen molar-refractivity contribution in [3.8, 4) is 0 Å². The van der Waals surface area contributed by atoms with Gasteiger partial charge in [-0.3, -0.25) is 4.79 Å². The molecular weight excluding hydrogens is 377 g/mol. The normalized spacial score (nSPS) is 28.0. The number of carbonyl (C=O) groups excluding carboxylic acids is 1. The quantitative estimate of drug-likeness (QED) is 0.840. The number of rotatable bonds is 2. The third-order valence-electron chi connectivity index (χ3n) is 5.00. The van der Waals surface area contributed by atoms with Gasteiger partial charge >= 0.3 is 6.18 Å². The zero-order valence-electron chi connectivity index (χ0n) is 15.4. The van der Waals surface area contributed by atoms with Crippen LogP contribution in [0.3, 0.4) is 0 Å². The van der Waals surface area contributed by atoms with Gasteiger partial charge in [-0.05, 0) is 26.0 Å². The summed E-state index contributed by atoms with van der Waals surface area (Å²) in [4.78, 5) is 14.4. The number of alkyl halides is 3. The Morgan fingerprint density at radius 1 is 1.29 bits per heavy atom. The van der Waals surface area contributed by atoms with Gasteiger partial charge in [0.1, 0.15) is 11.6 Å². The molecule has 0 saturated carbocycles. The molecule has 2 aromatic rings. The Kier molecular flexibility index (Phi) is 4.60. The number of aromatic nitrogens is 2. The summed E-state index contributed by atoms with van der Waals surface area (Å²) in [5.74, 6) is 0.152. The van der Waals surface area contributed by atoms with E-state index in [9.17, 15) is 18.0 Å². The number of morpholine rings is 1. The van der Waals surface area contributed by atoms with Crippen LogP contribution in [0.4, 0.5) is 19.0 Å². The van der Waals surface area contributed by atoms with Gasteiger partial charge in [0.05, 0.1) is 24.5 Å². The van der Waals surface area contributed by atoms with E-state index in [1.54, 1.807) is 17.0 Å². The van der Waals surface area contributed by atoms with E-state index >= 15 is 0 Å². The summed E-state index contributed by atoms with van der Waals surface area (Å²) in [6, 6.07) is 2.13. The fourth-order valence-corrected chi connectivity index (χ4v) is 3.86. The second kappa shape index (κ2) is 6.84. The summed E-state index contributed by atoms with van der Waals surface area (Å²) in [5.41, 5.74) is -0.0156. The zero-order valence-corrected chi connectivity index (χ0v) is 15.4. The van der Waals surface area contributed by atoms with E-state index in [1.165, 1.54) is 12.3 Å². The standard InChI is InChI=1S/C18H21F3N4O3/c1-10-8-24(9-11(2)28-10)17(26)13-7-16-22-12(14-4-3-5-27-14)6-15(18(19,20)21)25(16)23-13/h3-5,7,10-12,15,22H,6,8-9H2,1-2H3/t10-,11+,12-,15-/m0/s1. The monoisotopic (exact) mass is 398 g/mol. The molecule has 1 amide bonds. The third-order valence-corrected chi connectivity index (χ3v) is 5.00. The van der Waals surface area contributed by atoms with Gasteiger partial charge in [0, 0.05) is 25.6 Å². The van der Waals surface area contributed by atoms with Crippen LogP contribution < -0.4 is 5.32 Å². The molecule has 0 aromatic carbocycles. The third kappa shape index (κ3) is 3.48. The van der Waals surface area contributed by atoms with Crippen molar-refractivity contribution in [2.24, 2.45) is 0 Å². The number of ether oxygens (including phenoxy) is 1. The second-order valence-electron chi connectivity index (χ2n) is 7.33. The van der Waals surface area contributed by atoms with Crippen molar-refractivity contribution in [1.29, 1.82) is 0 Å². The number of amides is 1. The highest BCUT2D eigenvalue weighted by Gasteiger charge is 2.47. The molecule has 4 heterocycles. The van der Waals surface area contributed by atoms with Gasteiger partial charge in [-0.2, -0.15) is 18.3 Å². The highest BCUT2D eigenvalue weighted by molar-refractivity contribution is 5.93. The molecule has 0 radical (unpaired) electrons. The van der Waals surface area contributed by atoms with Gasteiger partial charge < -0.3 is 19.4 Å². The van der Waals surface area contributed by atoms with Crippen molar-refractivity contribution >= 4 is 11.7 Å². The van der Waals surface area contributed by atoms with E-state index in [4.69, 9.17) is 9.15 Å². The van der Waals surface area contributed by atoms with E-state index in [1.807, 2.05) is 13.8 Å². The predicted octanol–water partition coefficient (Wildman–Crippen LogP) is 3.39. The van der Waals surface area contributed by atoms with Crippen LogP contribution in [0.5, 0.6) is 0 Å². The van der Waals surface area contributed by atoms with Crippen LogP contribution in [0, 0.1) is 0 Å². The first kappa shape index (κ1) is 18.9. The summed E-state index contributed by atoms with van der Waals surface area (Å²) < 4.78 is 52.8. The van der Waals surface area contributed by atoms with Crippen LogP contribution >= 0.6 is 0 Å². The molecular formula is C18H21F3N4O3. The number of furan rings is 1. The summed E-state index contributed by atoms with van der Waals surface area (Å²) >= 11 is 0. The minimum atomic E-state index is -4.50. The lowest BCUT2D eigenvalue weighted by atomic mass is 10.0. The van der Waals surface area contributed by atoms with Crippen LogP contribution in [0.25, 0.3) is 0 Å². The van der Waals surface area contributed by atoms with E-state index in [-0.39, 0.29) is 30.1 Å². The molecule has 4 atom stereocenters. The number of carbonyl (C=O) groups is 1. The van der Waals surface area contributed by atoms with Gasteiger partial charge in [-0.1, -0.05) is 0 Å². The Morgan fingerprint density at radius 2 is 2.00 bits per heavy atom. The average Bonchev–Trinajstić information content (AvgIpc) is 3.27. The largest absolute Gasteiger partial charge is 0.467 e. The maximum absolute atomic E-state index is 13.7. The maximum Gasteiger partial charge on any atom is 0.410 e. The van der Waals surface area contributed by atoms with Crippen molar-refractivity contribution in [1.82, 2.24) is 14.7 Å². The highest BCUT2D eigenvalue weighted by Crippen LogP contribution is 2.43. The molecule has 10 heteroatoms. The van der Waals surface area contributed by atoms with Crippen molar-refractivity contribution < 1.29 is 27.1 Å². The van der Waals surface area contributed by atoms with Crippen LogP contribution in [0.15, 0.2) is 28.9 Å². The minimum absolute atomic E-state index is 0.0156. The molecule has 0 unspecified atom stereocenters. The SMILES string of the molecule is C[C@@H]1CN(C(=O)c2cc3n(n2)[C@H](C(F)(F)F)C[C@@H](c2ccco2)N3)C[C@H](C)O1. The Morgan fingerprint density at radius 3 is 2.61 bits per heavy atom. The van der Waals surface area contributed by atoms with Gasteiger partial charge in [0.15, 0.2) is 11.7 Å². The van der Waals surface area contributed by atoms with E-state index in [2.05, 4.69) is 10.4 Å². The smallest absolute Gasteiger partial charge is 0.410 e. The first-order valence-electron chi connectivity index (χ1n) is 9.13. The number of hydrogen-bond donors (Lipinski definition) is 1. The van der Waals surface area contributed by atoms with Crippen LogP contribution in [0.1, 0.15) is 48.6 Å². The summed E-state index contributed by atoms with van der Waals surface area (Å²) in [5, 5.41) is 7.02. The lowest BCUT2D eigenvalue weighted by molar-refractivity contribution is -0.174. The fraction of sp³-hybridized carbons (Fsp3) is 0.556. The number of halogens is 3. The lowest BCUT2D eigenvalue weighted by Crippen LogP contribution is -2.48. The number of fused-ring (bicyclic) bond motifs is 1. The molecule has 2 aliphatic rings. The van der Waals surface area contributed by atoms with E-state index in [0.717, 1.165) is 4.68 Å². The first-order valence-corrected chi connectivity index (χ1v) is 9.13. The zero-order chi connectivity index (χ0) is 20.1. The van der Waals surface area contributed by atoms with Crippen LogP contribution in [0.2, 0.25) is 0 Å². The second-order valence-corrected chi connectivity index (χ2v) is 7.33. The molecule has 1 saturated heterocycles. The molecule has 2 aromatic heterocycles. The number of hydrogen-bond acceptors (Lipinski definition) is 5. The molecule has 4 rings (SSSR count). The van der Waals surface area contributed by atoms with Crippen molar-refractivity contribution in [3.63, 3.8) is 0 Å². The van der Waals surface area contributed by atoms with Crippen molar-refractivity contribution in [2.45, 2.75) is 50.7 Å². The van der Waals surface area contributed by atoms with Crippen LogP contribution in [-0.2, 0) is 4.74 Å². The molecule has 2 aliphatic heterocycles. The Hall–Kier alpha value is -2.49. The maximum atomic E-state index is 13.7. The van der Waals surface area contributed by atoms with Gasteiger partial charge in [-0.25, -0.2) is 4.68 Å². The van der Waals surface area contributed by atoms with Gasteiger partial charge in [0.2, 0.25) is 0 Å². The van der Waals surface area contributed by atoms with Crippen LogP contribution in [-0.4, -0.2) is 52.1 Å². The predicted molar refractivity (Wildman–Crippen MR) is 92.9 cm³/mol. The summed E-state index contributed by atoms with van der Waals surface area (Å²) in [6.07, 6.45) is -3.65. The molecule has 1 fully saturated rings. The topological polar surface area (TPSA) is 72.5 Å². The average molecular weight is 398 g/mol. The summed E-state index contributed by atoms with van der Waals surface area (Å²) in [7, 11) is 0. The van der Waals surface area contributed by atoms with Crippen molar-refractivity contribution in [2.75, 3.05) is 18.4 Å². The first-order chi connectivity index (χ1) is 13.2. The van der Waals surface area contributed by atoms with Gasteiger partial charge in [0.25, 0.3) is 5.91 Å². The molecule has 0 aliphatic carbocycles. The van der Waals surface area contributed by atoms with E-state index < -0.39 is 24.2 Å². The number of nitrogens with one attached hydrogen (secondary N) is 1. The molecule has 0 bridgehead atoms. The fourth-order valence-electron chi connectivity index (χ4n) is 3.86. The minimum Gasteiger partial charge on any atom is -0.467 e. The van der Waals surface area contributed by atoms with Gasteiger partial charge in [-0.15, -0.1) is 0 Å². The highest BCUT2D eigenvalue weighted by atomic mass is 19.4. The van der Waals surface area contributed by atoms with Crippen molar-refractivity contribution in [3.05, 3.63) is 35.9 Å². The Balaban J connectivity index is 1.64. The molecule has 1 N–H and O–H groups in total. The summed E-state index contributed by atoms with van der Waals surface area (Å²) in [6.45, 7) is 4.44.